The molecule has 4 heterocycles. The fourth-order valence-corrected chi connectivity index (χ4v) is 4.11. The maximum absolute atomic E-state index is 12.0. The Labute approximate surface area is 261 Å². The van der Waals surface area contributed by atoms with Crippen LogP contribution in [0.25, 0.3) is 0 Å². The molecule has 0 spiro atoms. The minimum Gasteiger partial charge on any atom is -0.444 e. The number of anilines is 2. The summed E-state index contributed by atoms with van der Waals surface area (Å²) in [6.45, 7) is 13.8. The van der Waals surface area contributed by atoms with Gasteiger partial charge in [-0.2, -0.15) is 0 Å². The van der Waals surface area contributed by atoms with Crippen molar-refractivity contribution in [2.24, 2.45) is 5.73 Å². The average Bonchev–Trinajstić information content (AvgIpc) is 2.93. The van der Waals surface area contributed by atoms with E-state index < -0.39 is 11.2 Å². The van der Waals surface area contributed by atoms with Crippen molar-refractivity contribution >= 4 is 29.6 Å². The number of nitrogens with one attached hydrogen (secondary N) is 2. The van der Waals surface area contributed by atoms with Crippen molar-refractivity contribution in [3.05, 3.63) is 49.1 Å². The molecule has 244 valence electrons. The SMILES string of the molecule is CC(C)(C)OC(=O)N1CCC(N)CC1.CC(C)(C)OC(=O)N1CCC(NC(=O)Nc2cccnc2)CC1.Nc1cccnc1. The number of likely N-dealkylation sites (tertiary alicyclic amines) is 2. The van der Waals surface area contributed by atoms with Crippen molar-refractivity contribution in [2.75, 3.05) is 37.2 Å². The molecule has 2 aliphatic rings. The highest BCUT2D eigenvalue weighted by Gasteiger charge is 2.28. The number of piperidine rings is 2. The van der Waals surface area contributed by atoms with E-state index in [0.717, 1.165) is 25.9 Å². The maximum Gasteiger partial charge on any atom is 0.410 e. The topological polar surface area (TPSA) is 178 Å². The van der Waals surface area contributed by atoms with Crippen LogP contribution >= 0.6 is 0 Å². The van der Waals surface area contributed by atoms with Gasteiger partial charge in [-0.25, -0.2) is 14.4 Å². The van der Waals surface area contributed by atoms with Gasteiger partial charge < -0.3 is 41.4 Å². The van der Waals surface area contributed by atoms with Gasteiger partial charge in [0, 0.05) is 56.9 Å². The molecule has 0 aromatic carbocycles. The molecule has 2 aromatic heterocycles. The quantitative estimate of drug-likeness (QED) is 0.376. The summed E-state index contributed by atoms with van der Waals surface area (Å²) < 4.78 is 10.6. The molecule has 44 heavy (non-hydrogen) atoms. The lowest BCUT2D eigenvalue weighted by Crippen LogP contribution is -2.48. The number of carbonyl (C=O) groups excluding carboxylic acids is 3. The standard InChI is InChI=1S/C16H24N4O3.C10H20N2O2.C5H6N2/c1-16(2,3)23-15(22)20-9-6-12(7-10-20)18-14(21)19-13-5-4-8-17-11-13;1-10(2,3)14-9(13)12-6-4-8(11)5-7-12;6-5-2-1-3-7-4-5/h4-5,8,11-12H,6-7,9-10H2,1-3H3,(H2,18,19,21);8H,4-7,11H2,1-3H3;1-4H,6H2. The van der Waals surface area contributed by atoms with Gasteiger partial charge in [-0.15, -0.1) is 0 Å². The molecular formula is C31H50N8O5. The Bertz CT molecular complexity index is 1140. The summed E-state index contributed by atoms with van der Waals surface area (Å²) in [5, 5.41) is 5.65. The van der Waals surface area contributed by atoms with Crippen LogP contribution in [-0.4, -0.2) is 87.5 Å². The van der Waals surface area contributed by atoms with E-state index in [4.69, 9.17) is 20.9 Å². The van der Waals surface area contributed by atoms with Crippen LogP contribution in [0.2, 0.25) is 0 Å². The highest BCUT2D eigenvalue weighted by atomic mass is 16.6. The van der Waals surface area contributed by atoms with Crippen LogP contribution in [0.15, 0.2) is 49.1 Å². The van der Waals surface area contributed by atoms with E-state index in [0.29, 0.717) is 37.3 Å². The number of hydrogen-bond donors (Lipinski definition) is 4. The molecule has 0 bridgehead atoms. The van der Waals surface area contributed by atoms with E-state index in [1.807, 2.05) is 41.5 Å². The summed E-state index contributed by atoms with van der Waals surface area (Å²) in [5.41, 5.74) is 11.5. The molecule has 2 saturated heterocycles. The number of aromatic nitrogens is 2. The Balaban J connectivity index is 0.000000270. The predicted molar refractivity (Wildman–Crippen MR) is 171 cm³/mol. The van der Waals surface area contributed by atoms with Crippen LogP contribution in [0.4, 0.5) is 25.8 Å². The minimum absolute atomic E-state index is 0.0466. The normalized spacial score (nSPS) is 15.9. The second-order valence-electron chi connectivity index (χ2n) is 12.7. The lowest BCUT2D eigenvalue weighted by Gasteiger charge is -2.33. The molecule has 6 N–H and O–H groups in total. The third kappa shape index (κ3) is 15.4. The van der Waals surface area contributed by atoms with Crippen LogP contribution in [-0.2, 0) is 9.47 Å². The molecule has 4 amide bonds. The monoisotopic (exact) mass is 614 g/mol. The predicted octanol–water partition coefficient (Wildman–Crippen LogP) is 4.61. The van der Waals surface area contributed by atoms with Crippen molar-refractivity contribution < 1.29 is 23.9 Å². The Morgan fingerprint density at radius 1 is 0.795 bits per heavy atom. The summed E-state index contributed by atoms with van der Waals surface area (Å²) in [5.74, 6) is 0. The third-order valence-electron chi connectivity index (χ3n) is 6.28. The average molecular weight is 615 g/mol. The molecule has 0 aliphatic carbocycles. The smallest absolute Gasteiger partial charge is 0.410 e. The second kappa shape index (κ2) is 17.2. The summed E-state index contributed by atoms with van der Waals surface area (Å²) in [6.07, 6.45) is 9.19. The van der Waals surface area contributed by atoms with Crippen LogP contribution < -0.4 is 22.1 Å². The van der Waals surface area contributed by atoms with Crippen LogP contribution in [0.3, 0.4) is 0 Å². The highest BCUT2D eigenvalue weighted by Crippen LogP contribution is 2.16. The number of ether oxygens (including phenoxy) is 2. The van der Waals surface area contributed by atoms with E-state index in [9.17, 15) is 14.4 Å². The van der Waals surface area contributed by atoms with E-state index in [-0.39, 0.29) is 30.3 Å². The van der Waals surface area contributed by atoms with Crippen LogP contribution in [0.1, 0.15) is 67.2 Å². The number of urea groups is 1. The maximum atomic E-state index is 12.0. The number of hydrogen-bond acceptors (Lipinski definition) is 9. The Kier molecular flexibility index (Phi) is 14.1. The van der Waals surface area contributed by atoms with Crippen molar-refractivity contribution in [3.63, 3.8) is 0 Å². The van der Waals surface area contributed by atoms with E-state index in [2.05, 4.69) is 20.6 Å². The fourth-order valence-electron chi connectivity index (χ4n) is 4.11. The molecule has 0 saturated carbocycles. The molecular weight excluding hydrogens is 564 g/mol. The molecule has 0 unspecified atom stereocenters. The number of rotatable bonds is 2. The number of amides is 4. The lowest BCUT2D eigenvalue weighted by molar-refractivity contribution is 0.0193. The zero-order chi connectivity index (χ0) is 32.8. The lowest BCUT2D eigenvalue weighted by atomic mass is 10.1. The van der Waals surface area contributed by atoms with Gasteiger partial charge in [0.05, 0.1) is 17.6 Å². The van der Waals surface area contributed by atoms with Gasteiger partial charge in [0.15, 0.2) is 0 Å². The number of pyridine rings is 2. The van der Waals surface area contributed by atoms with E-state index >= 15 is 0 Å². The van der Waals surface area contributed by atoms with Gasteiger partial charge in [0.25, 0.3) is 0 Å². The number of nitrogens with zero attached hydrogens (tertiary/aromatic N) is 4. The minimum atomic E-state index is -0.490. The van der Waals surface area contributed by atoms with Crippen LogP contribution in [0.5, 0.6) is 0 Å². The summed E-state index contributed by atoms with van der Waals surface area (Å²) in [6, 6.07) is 7.17. The second-order valence-corrected chi connectivity index (χ2v) is 12.7. The largest absolute Gasteiger partial charge is 0.444 e. The van der Waals surface area contributed by atoms with Crippen molar-refractivity contribution in [1.29, 1.82) is 0 Å². The first-order chi connectivity index (χ1) is 20.6. The summed E-state index contributed by atoms with van der Waals surface area (Å²) in [7, 11) is 0. The van der Waals surface area contributed by atoms with Crippen molar-refractivity contribution in [3.8, 4) is 0 Å². The molecule has 13 heteroatoms. The third-order valence-corrected chi connectivity index (χ3v) is 6.28. The van der Waals surface area contributed by atoms with Crippen molar-refractivity contribution in [1.82, 2.24) is 25.1 Å². The Hall–Kier alpha value is -4.13. The first-order valence-corrected chi connectivity index (χ1v) is 15.0. The Morgan fingerprint density at radius 2 is 1.27 bits per heavy atom. The first kappa shape index (κ1) is 36.1. The molecule has 0 radical (unpaired) electrons. The first-order valence-electron chi connectivity index (χ1n) is 15.0. The number of nitrogens with two attached hydrogens (primary N) is 2. The van der Waals surface area contributed by atoms with E-state index in [1.165, 1.54) is 0 Å². The number of nitrogen functional groups attached to an aromatic ring is 1. The molecule has 0 atom stereocenters. The summed E-state index contributed by atoms with van der Waals surface area (Å²) >= 11 is 0. The highest BCUT2D eigenvalue weighted by molar-refractivity contribution is 5.89. The van der Waals surface area contributed by atoms with E-state index in [1.54, 1.807) is 58.9 Å². The summed E-state index contributed by atoms with van der Waals surface area (Å²) in [4.78, 5) is 46.6. The molecule has 2 aliphatic heterocycles. The Morgan fingerprint density at radius 3 is 1.66 bits per heavy atom. The van der Waals surface area contributed by atoms with Gasteiger partial charge in [-0.05, 0) is 91.5 Å². The zero-order valence-corrected chi connectivity index (χ0v) is 26.9. The van der Waals surface area contributed by atoms with Crippen molar-refractivity contribution in [2.45, 2.75) is 90.5 Å². The van der Waals surface area contributed by atoms with Gasteiger partial charge >= 0.3 is 18.2 Å². The van der Waals surface area contributed by atoms with Gasteiger partial charge in [-0.1, -0.05) is 0 Å². The molecule has 2 fully saturated rings. The molecule has 13 nitrogen and oxygen atoms in total. The van der Waals surface area contributed by atoms with Gasteiger partial charge in [0.1, 0.15) is 11.2 Å². The zero-order valence-electron chi connectivity index (χ0n) is 26.9. The fraction of sp³-hybridized carbons (Fsp3) is 0.581. The van der Waals surface area contributed by atoms with Gasteiger partial charge in [0.2, 0.25) is 0 Å². The van der Waals surface area contributed by atoms with Crippen LogP contribution in [0, 0.1) is 0 Å². The number of carbonyl (C=O) groups is 3. The molecule has 4 rings (SSSR count). The molecule has 2 aromatic rings. The van der Waals surface area contributed by atoms with Gasteiger partial charge in [-0.3, -0.25) is 9.97 Å².